The molecule has 0 atom stereocenters. The van der Waals surface area contributed by atoms with E-state index in [4.69, 9.17) is 0 Å². The lowest BCUT2D eigenvalue weighted by Gasteiger charge is -2.26. The summed E-state index contributed by atoms with van der Waals surface area (Å²) in [6.07, 6.45) is 0.560. The van der Waals surface area contributed by atoms with Crippen LogP contribution in [0.4, 0.5) is 11.4 Å². The van der Waals surface area contributed by atoms with Crippen LogP contribution in [-0.2, 0) is 21.4 Å². The highest BCUT2D eigenvalue weighted by Crippen LogP contribution is 2.25. The molecule has 0 bridgehead atoms. The third-order valence-corrected chi connectivity index (χ3v) is 5.19. The minimum absolute atomic E-state index is 0.00960. The normalized spacial score (nSPS) is 11.5. The van der Waals surface area contributed by atoms with E-state index in [1.807, 2.05) is 38.1 Å². The first-order chi connectivity index (χ1) is 11.6. The second-order valence-corrected chi connectivity index (χ2v) is 8.79. The quantitative estimate of drug-likeness (QED) is 0.727. The van der Waals surface area contributed by atoms with Gasteiger partial charge in [0.05, 0.1) is 5.75 Å². The van der Waals surface area contributed by atoms with Gasteiger partial charge in [-0.2, -0.15) is 0 Å². The molecule has 0 aliphatic carbocycles. The number of carbonyl (C=O) groups is 1. The molecule has 0 saturated heterocycles. The van der Waals surface area contributed by atoms with Crippen molar-refractivity contribution in [1.29, 1.82) is 0 Å². The molecule has 7 heteroatoms. The van der Waals surface area contributed by atoms with Crippen LogP contribution in [0.15, 0.2) is 18.2 Å². The molecular formula is C18H31N3O3S. The van der Waals surface area contributed by atoms with Gasteiger partial charge in [-0.15, -0.1) is 0 Å². The number of nitrogens with zero attached hydrogens (tertiary/aromatic N) is 2. The Balaban J connectivity index is 3.17. The van der Waals surface area contributed by atoms with Gasteiger partial charge in [0.15, 0.2) is 0 Å². The van der Waals surface area contributed by atoms with Crippen LogP contribution in [0.1, 0.15) is 39.7 Å². The first kappa shape index (κ1) is 21.3. The van der Waals surface area contributed by atoms with E-state index in [0.29, 0.717) is 31.1 Å². The van der Waals surface area contributed by atoms with E-state index in [0.717, 1.165) is 11.3 Å². The largest absolute Gasteiger partial charge is 0.377 e. The average Bonchev–Trinajstić information content (AvgIpc) is 2.45. The van der Waals surface area contributed by atoms with E-state index in [1.54, 1.807) is 17.9 Å². The summed E-state index contributed by atoms with van der Waals surface area (Å²) >= 11 is 0. The van der Waals surface area contributed by atoms with E-state index in [1.165, 1.54) is 0 Å². The molecule has 6 nitrogen and oxygen atoms in total. The number of carbonyl (C=O) groups excluding carboxylic acids is 1. The van der Waals surface area contributed by atoms with Crippen molar-refractivity contribution in [2.45, 2.75) is 40.7 Å². The number of rotatable bonds is 9. The number of sulfonamides is 1. The molecule has 1 rings (SSSR count). The maximum Gasteiger partial charge on any atom is 0.232 e. The zero-order valence-electron chi connectivity index (χ0n) is 16.2. The van der Waals surface area contributed by atoms with E-state index in [9.17, 15) is 13.2 Å². The van der Waals surface area contributed by atoms with Crippen LogP contribution in [0, 0.1) is 5.92 Å². The van der Waals surface area contributed by atoms with Gasteiger partial charge >= 0.3 is 0 Å². The summed E-state index contributed by atoms with van der Waals surface area (Å²) in [4.78, 5) is 15.7. The monoisotopic (exact) mass is 369 g/mol. The number of nitrogens with one attached hydrogen (secondary N) is 1. The fourth-order valence-electron chi connectivity index (χ4n) is 2.66. The van der Waals surface area contributed by atoms with Crippen LogP contribution >= 0.6 is 0 Å². The predicted octanol–water partition coefficient (Wildman–Crippen LogP) is 2.91. The van der Waals surface area contributed by atoms with Crippen LogP contribution in [0.3, 0.4) is 0 Å². The Morgan fingerprint density at radius 1 is 1.24 bits per heavy atom. The fourth-order valence-corrected chi connectivity index (χ4v) is 3.79. The van der Waals surface area contributed by atoms with Gasteiger partial charge in [-0.3, -0.25) is 9.52 Å². The summed E-state index contributed by atoms with van der Waals surface area (Å²) in [5.74, 6) is 0.457. The molecule has 0 aromatic heterocycles. The van der Waals surface area contributed by atoms with Gasteiger partial charge in [0.1, 0.15) is 0 Å². The molecule has 1 N–H and O–H groups in total. The van der Waals surface area contributed by atoms with E-state index >= 15 is 0 Å². The Morgan fingerprint density at radius 3 is 2.36 bits per heavy atom. The summed E-state index contributed by atoms with van der Waals surface area (Å²) in [7, 11) is 0.519. The molecular weight excluding hydrogens is 338 g/mol. The number of hydrogen-bond donors (Lipinski definition) is 1. The maximum absolute atomic E-state index is 12.0. The molecule has 0 spiro atoms. The topological polar surface area (TPSA) is 69.7 Å². The van der Waals surface area contributed by atoms with Crippen molar-refractivity contribution in [2.24, 2.45) is 5.92 Å². The first-order valence-electron chi connectivity index (χ1n) is 8.62. The van der Waals surface area contributed by atoms with Gasteiger partial charge in [0, 0.05) is 45.5 Å². The van der Waals surface area contributed by atoms with E-state index in [2.05, 4.69) is 18.6 Å². The number of anilines is 2. The van der Waals surface area contributed by atoms with Crippen LogP contribution in [-0.4, -0.2) is 45.6 Å². The molecule has 0 heterocycles. The Bertz CT molecular complexity index is 685. The van der Waals surface area contributed by atoms with Gasteiger partial charge in [-0.1, -0.05) is 20.8 Å². The third kappa shape index (κ3) is 6.94. The summed E-state index contributed by atoms with van der Waals surface area (Å²) in [6.45, 7) is 8.64. The Morgan fingerprint density at radius 2 is 1.88 bits per heavy atom. The van der Waals surface area contributed by atoms with Crippen molar-refractivity contribution in [2.75, 3.05) is 36.0 Å². The lowest BCUT2D eigenvalue weighted by Crippen LogP contribution is -2.32. The second-order valence-electron chi connectivity index (χ2n) is 6.95. The molecule has 0 radical (unpaired) electrons. The van der Waals surface area contributed by atoms with Crippen molar-refractivity contribution in [3.63, 3.8) is 0 Å². The number of amides is 1. The van der Waals surface area contributed by atoms with Crippen molar-refractivity contribution >= 4 is 27.3 Å². The molecule has 25 heavy (non-hydrogen) atoms. The SMILES string of the molecule is CCCS(=O)(=O)Nc1ccc(N(C)C)c(CN(CC(C)C)C(C)=O)c1. The molecule has 0 unspecified atom stereocenters. The van der Waals surface area contributed by atoms with E-state index < -0.39 is 10.0 Å². The molecule has 1 amide bonds. The van der Waals surface area contributed by atoms with E-state index in [-0.39, 0.29) is 11.7 Å². The minimum Gasteiger partial charge on any atom is -0.377 e. The lowest BCUT2D eigenvalue weighted by atomic mass is 10.1. The first-order valence-corrected chi connectivity index (χ1v) is 10.3. The molecule has 0 aliphatic rings. The molecule has 0 saturated carbocycles. The highest BCUT2D eigenvalue weighted by molar-refractivity contribution is 7.92. The zero-order chi connectivity index (χ0) is 19.2. The standard InChI is InChI=1S/C18H31N3O3S/c1-7-10-25(23,24)19-17-8-9-18(20(5)6)16(11-17)13-21(15(4)22)12-14(2)3/h8-9,11,14,19H,7,10,12-13H2,1-6H3. The molecule has 0 fully saturated rings. The second kappa shape index (κ2) is 9.08. The van der Waals surface area contributed by atoms with Crippen LogP contribution in [0.25, 0.3) is 0 Å². The Hall–Kier alpha value is -1.76. The Labute approximate surface area is 152 Å². The van der Waals surface area contributed by atoms with Crippen LogP contribution < -0.4 is 9.62 Å². The molecule has 1 aromatic rings. The molecule has 1 aromatic carbocycles. The molecule has 142 valence electrons. The van der Waals surface area contributed by atoms with Crippen LogP contribution in [0.2, 0.25) is 0 Å². The van der Waals surface area contributed by atoms with Crippen LogP contribution in [0.5, 0.6) is 0 Å². The van der Waals surface area contributed by atoms with Crippen molar-refractivity contribution in [3.8, 4) is 0 Å². The van der Waals surface area contributed by atoms with Gasteiger partial charge < -0.3 is 9.80 Å². The summed E-state index contributed by atoms with van der Waals surface area (Å²) in [5, 5.41) is 0. The lowest BCUT2D eigenvalue weighted by molar-refractivity contribution is -0.129. The van der Waals surface area contributed by atoms with Gasteiger partial charge in [-0.05, 0) is 36.1 Å². The third-order valence-electron chi connectivity index (χ3n) is 3.70. The minimum atomic E-state index is -3.34. The predicted molar refractivity (Wildman–Crippen MR) is 104 cm³/mol. The van der Waals surface area contributed by atoms with Crippen molar-refractivity contribution in [1.82, 2.24) is 4.90 Å². The number of benzene rings is 1. The van der Waals surface area contributed by atoms with Crippen molar-refractivity contribution < 1.29 is 13.2 Å². The smallest absolute Gasteiger partial charge is 0.232 e. The average molecular weight is 370 g/mol. The fraction of sp³-hybridized carbons (Fsp3) is 0.611. The summed E-state index contributed by atoms with van der Waals surface area (Å²) in [6, 6.07) is 5.46. The summed E-state index contributed by atoms with van der Waals surface area (Å²) in [5.41, 5.74) is 2.41. The highest BCUT2D eigenvalue weighted by atomic mass is 32.2. The van der Waals surface area contributed by atoms with Gasteiger partial charge in [0.25, 0.3) is 0 Å². The maximum atomic E-state index is 12.0. The summed E-state index contributed by atoms with van der Waals surface area (Å²) < 4.78 is 26.7. The molecule has 0 aliphatic heterocycles. The van der Waals surface area contributed by atoms with Crippen molar-refractivity contribution in [3.05, 3.63) is 23.8 Å². The van der Waals surface area contributed by atoms with Gasteiger partial charge in [-0.25, -0.2) is 8.42 Å². The Kier molecular flexibility index (Phi) is 7.73. The number of hydrogen-bond acceptors (Lipinski definition) is 4. The highest BCUT2D eigenvalue weighted by Gasteiger charge is 2.16. The zero-order valence-corrected chi connectivity index (χ0v) is 17.0. The van der Waals surface area contributed by atoms with Gasteiger partial charge in [0.2, 0.25) is 15.9 Å².